The zero-order valence-electron chi connectivity index (χ0n) is 18.5. The van der Waals surface area contributed by atoms with Gasteiger partial charge in [0.2, 0.25) is 0 Å². The molecule has 1 N–H and O–H groups in total. The van der Waals surface area contributed by atoms with Gasteiger partial charge < -0.3 is 14.6 Å². The van der Waals surface area contributed by atoms with E-state index in [4.69, 9.17) is 4.74 Å². The molecular formula is C25H24BrN3O3. The number of rotatable bonds is 0. The van der Waals surface area contributed by atoms with Crippen LogP contribution >= 0.6 is 15.9 Å². The van der Waals surface area contributed by atoms with Crippen molar-refractivity contribution in [2.45, 2.75) is 57.7 Å². The van der Waals surface area contributed by atoms with Gasteiger partial charge in [-0.15, -0.1) is 0 Å². The van der Waals surface area contributed by atoms with E-state index in [0.29, 0.717) is 5.69 Å². The molecule has 2 amide bonds. The number of H-pyrrole nitrogens is 1. The first-order valence-electron chi connectivity index (χ1n) is 11.0. The smallest absolute Gasteiger partial charge is 0.421 e. The molecule has 6 rings (SSSR count). The number of aryl methyl sites for hydroxylation is 1. The minimum Gasteiger partial charge on any atom is -0.443 e. The highest BCUT2D eigenvalue weighted by atomic mass is 79.9. The molecule has 0 saturated carbocycles. The standard InChI is InChI=1S/C25H24BrN3O3/c1-13-9-10-15-14-7-5-6-8-17(14)27-21(15)25-19-18(12-11-16(26)20(19)29(13)25)28(22(25)30)23(31)32-24(2,3)4/h5-8,11-13,27H,9-10H2,1-4H3. The number of aromatic amines is 1. The van der Waals surface area contributed by atoms with Crippen LogP contribution in [-0.2, 0) is 21.5 Å². The van der Waals surface area contributed by atoms with E-state index in [1.54, 1.807) is 0 Å². The lowest BCUT2D eigenvalue weighted by Gasteiger charge is -2.53. The normalized spacial score (nSPS) is 23.4. The minimum atomic E-state index is -1.05. The van der Waals surface area contributed by atoms with E-state index in [1.807, 2.05) is 51.1 Å². The number of benzene rings is 2. The van der Waals surface area contributed by atoms with E-state index in [0.717, 1.165) is 50.7 Å². The third-order valence-corrected chi connectivity index (χ3v) is 7.47. The number of aromatic nitrogens is 1. The summed E-state index contributed by atoms with van der Waals surface area (Å²) >= 11 is 3.70. The van der Waals surface area contributed by atoms with Crippen LogP contribution in [0.25, 0.3) is 10.9 Å². The van der Waals surface area contributed by atoms with Crippen LogP contribution in [0.4, 0.5) is 16.2 Å². The van der Waals surface area contributed by atoms with Gasteiger partial charge in [-0.25, -0.2) is 9.69 Å². The summed E-state index contributed by atoms with van der Waals surface area (Å²) in [4.78, 5) is 34.6. The molecule has 0 saturated heterocycles. The van der Waals surface area contributed by atoms with Crippen LogP contribution in [0.15, 0.2) is 40.9 Å². The molecule has 2 unspecified atom stereocenters. The molecule has 7 heteroatoms. The summed E-state index contributed by atoms with van der Waals surface area (Å²) in [6, 6.07) is 12.1. The number of para-hydroxylation sites is 1. The van der Waals surface area contributed by atoms with E-state index in [-0.39, 0.29) is 11.9 Å². The molecule has 0 bridgehead atoms. The number of carbonyl (C=O) groups is 2. The van der Waals surface area contributed by atoms with Crippen molar-refractivity contribution < 1.29 is 14.3 Å². The zero-order valence-corrected chi connectivity index (χ0v) is 20.0. The molecule has 1 aromatic heterocycles. The maximum atomic E-state index is 14.3. The van der Waals surface area contributed by atoms with Gasteiger partial charge in [-0.2, -0.15) is 0 Å². The number of carbonyl (C=O) groups excluding carboxylic acids is 2. The second-order valence-corrected chi connectivity index (χ2v) is 10.8. The maximum Gasteiger partial charge on any atom is 0.421 e. The number of hydrogen-bond acceptors (Lipinski definition) is 4. The van der Waals surface area contributed by atoms with Crippen LogP contribution < -0.4 is 9.80 Å². The third kappa shape index (κ3) is 2.24. The van der Waals surface area contributed by atoms with Gasteiger partial charge in [-0.05, 0) is 80.2 Å². The Balaban J connectivity index is 1.65. The Kier molecular flexibility index (Phi) is 3.82. The average Bonchev–Trinajstić information content (AvgIpc) is 3.12. The van der Waals surface area contributed by atoms with Crippen LogP contribution in [0.5, 0.6) is 0 Å². The number of nitrogens with one attached hydrogen (secondary N) is 1. The fraction of sp³-hybridized carbons (Fsp3) is 0.360. The number of fused-ring (bicyclic) bond motifs is 4. The lowest BCUT2D eigenvalue weighted by atomic mass is 9.75. The van der Waals surface area contributed by atoms with Gasteiger partial charge in [0.25, 0.3) is 5.91 Å². The Morgan fingerprint density at radius 2 is 1.97 bits per heavy atom. The van der Waals surface area contributed by atoms with Crippen molar-refractivity contribution in [1.82, 2.24) is 4.98 Å². The first kappa shape index (κ1) is 19.9. The van der Waals surface area contributed by atoms with E-state index < -0.39 is 17.2 Å². The Labute approximate surface area is 194 Å². The van der Waals surface area contributed by atoms with Gasteiger partial charge in [0.15, 0.2) is 5.54 Å². The van der Waals surface area contributed by atoms with Crippen LogP contribution in [0.1, 0.15) is 50.9 Å². The number of amides is 2. The van der Waals surface area contributed by atoms with Gasteiger partial charge in [-0.1, -0.05) is 18.2 Å². The summed E-state index contributed by atoms with van der Waals surface area (Å²) in [5.74, 6) is -0.270. The highest BCUT2D eigenvalue weighted by molar-refractivity contribution is 9.10. The van der Waals surface area contributed by atoms with Crippen LogP contribution in [0.3, 0.4) is 0 Å². The lowest BCUT2D eigenvalue weighted by Crippen LogP contribution is -2.63. The predicted octanol–water partition coefficient (Wildman–Crippen LogP) is 5.61. The maximum absolute atomic E-state index is 14.3. The van der Waals surface area contributed by atoms with Crippen molar-refractivity contribution in [3.63, 3.8) is 0 Å². The zero-order chi connectivity index (χ0) is 22.6. The summed E-state index contributed by atoms with van der Waals surface area (Å²) in [5, 5.41) is 1.14. The molecule has 0 aliphatic carbocycles. The molecule has 3 aromatic rings. The van der Waals surface area contributed by atoms with E-state index in [2.05, 4.69) is 38.8 Å². The fourth-order valence-electron chi connectivity index (χ4n) is 5.69. The molecule has 0 fully saturated rings. The van der Waals surface area contributed by atoms with Gasteiger partial charge >= 0.3 is 6.09 Å². The predicted molar refractivity (Wildman–Crippen MR) is 127 cm³/mol. The topological polar surface area (TPSA) is 65.6 Å². The number of anilines is 2. The molecule has 2 aromatic carbocycles. The van der Waals surface area contributed by atoms with Crippen molar-refractivity contribution in [3.05, 3.63) is 57.7 Å². The molecule has 0 radical (unpaired) electrons. The monoisotopic (exact) mass is 493 g/mol. The number of hydrogen-bond donors (Lipinski definition) is 1. The van der Waals surface area contributed by atoms with Gasteiger partial charge in [0, 0.05) is 27.0 Å². The first-order valence-corrected chi connectivity index (χ1v) is 11.8. The van der Waals surface area contributed by atoms with E-state index >= 15 is 0 Å². The number of halogens is 1. The van der Waals surface area contributed by atoms with Crippen molar-refractivity contribution in [2.24, 2.45) is 0 Å². The van der Waals surface area contributed by atoms with Crippen molar-refractivity contribution in [2.75, 3.05) is 9.80 Å². The first-order chi connectivity index (χ1) is 15.2. The van der Waals surface area contributed by atoms with Crippen molar-refractivity contribution >= 4 is 50.2 Å². The van der Waals surface area contributed by atoms with Crippen molar-refractivity contribution in [3.8, 4) is 0 Å². The van der Waals surface area contributed by atoms with Crippen LogP contribution in [0.2, 0.25) is 0 Å². The van der Waals surface area contributed by atoms with Gasteiger partial charge in [-0.3, -0.25) is 4.79 Å². The number of nitrogens with zero attached hydrogens (tertiary/aromatic N) is 2. The second-order valence-electron chi connectivity index (χ2n) is 9.90. The molecule has 3 aliphatic heterocycles. The molecule has 32 heavy (non-hydrogen) atoms. The summed E-state index contributed by atoms with van der Waals surface area (Å²) in [5.41, 5.74) is 3.77. The Bertz CT molecular complexity index is 1340. The lowest BCUT2D eigenvalue weighted by molar-refractivity contribution is -0.122. The molecule has 1 spiro atoms. The van der Waals surface area contributed by atoms with Crippen LogP contribution in [0, 0.1) is 0 Å². The highest BCUT2D eigenvalue weighted by Gasteiger charge is 2.69. The summed E-state index contributed by atoms with van der Waals surface area (Å²) in [6.45, 7) is 7.58. The minimum absolute atomic E-state index is 0.121. The SMILES string of the molecule is CC1CCc2c([nH]c3ccccc23)C23C(=O)N(C(=O)OC(C)(C)C)c4ccc(Br)c(c42)N13. The summed E-state index contributed by atoms with van der Waals surface area (Å²) in [7, 11) is 0. The Morgan fingerprint density at radius 3 is 2.72 bits per heavy atom. The van der Waals surface area contributed by atoms with E-state index in [1.165, 1.54) is 4.90 Å². The van der Waals surface area contributed by atoms with Crippen LogP contribution in [-0.4, -0.2) is 28.6 Å². The second kappa shape index (κ2) is 6.16. The molecule has 164 valence electrons. The van der Waals surface area contributed by atoms with Gasteiger partial charge in [0.05, 0.1) is 17.1 Å². The fourth-order valence-corrected chi connectivity index (χ4v) is 6.21. The third-order valence-electron chi connectivity index (χ3n) is 6.83. The van der Waals surface area contributed by atoms with E-state index in [9.17, 15) is 9.59 Å². The molecule has 3 aliphatic rings. The molecule has 6 nitrogen and oxygen atoms in total. The Morgan fingerprint density at radius 1 is 1.22 bits per heavy atom. The summed E-state index contributed by atoms with van der Waals surface area (Å²) < 4.78 is 6.59. The number of imide groups is 1. The highest BCUT2D eigenvalue weighted by Crippen LogP contribution is 2.65. The quantitative estimate of drug-likeness (QED) is 0.441. The molecule has 4 heterocycles. The number of ether oxygens (including phenoxy) is 1. The Hall–Kier alpha value is -2.80. The largest absolute Gasteiger partial charge is 0.443 e. The average molecular weight is 494 g/mol. The molecular weight excluding hydrogens is 470 g/mol. The van der Waals surface area contributed by atoms with Gasteiger partial charge in [0.1, 0.15) is 5.60 Å². The van der Waals surface area contributed by atoms with Crippen molar-refractivity contribution in [1.29, 1.82) is 0 Å². The molecule has 2 atom stereocenters. The summed E-state index contributed by atoms with van der Waals surface area (Å²) in [6.07, 6.45) is 1.14.